The molecular weight excluding hydrogens is 302 g/mol. The average molecular weight is 316 g/mol. The van der Waals surface area contributed by atoms with E-state index in [9.17, 15) is 4.79 Å². The van der Waals surface area contributed by atoms with Crippen molar-refractivity contribution in [3.63, 3.8) is 0 Å². The van der Waals surface area contributed by atoms with Crippen molar-refractivity contribution in [2.24, 2.45) is 0 Å². The van der Waals surface area contributed by atoms with Crippen LogP contribution < -0.4 is 5.32 Å². The van der Waals surface area contributed by atoms with Crippen LogP contribution in [0.2, 0.25) is 0 Å². The van der Waals surface area contributed by atoms with Gasteiger partial charge in [-0.2, -0.15) is 0 Å². The maximum absolute atomic E-state index is 12.2. The zero-order chi connectivity index (χ0) is 13.2. The molecule has 1 amide bonds. The molecule has 0 heterocycles. The molecule has 0 saturated heterocycles. The summed E-state index contributed by atoms with van der Waals surface area (Å²) in [5.41, 5.74) is 3.39. The Kier molecular flexibility index (Phi) is 3.38. The maximum Gasteiger partial charge on any atom is 0.252 e. The van der Waals surface area contributed by atoms with Gasteiger partial charge in [-0.1, -0.05) is 36.4 Å². The molecule has 2 aromatic rings. The summed E-state index contributed by atoms with van der Waals surface area (Å²) in [6, 6.07) is 16.1. The summed E-state index contributed by atoms with van der Waals surface area (Å²) in [6.45, 7) is 0. The van der Waals surface area contributed by atoms with Crippen molar-refractivity contribution in [1.82, 2.24) is 5.32 Å². The number of carbonyl (C=O) groups is 1. The Balaban J connectivity index is 1.71. The van der Waals surface area contributed by atoms with Crippen molar-refractivity contribution in [2.75, 3.05) is 0 Å². The van der Waals surface area contributed by atoms with Gasteiger partial charge in [0.25, 0.3) is 5.91 Å². The first-order chi connectivity index (χ1) is 9.24. The summed E-state index contributed by atoms with van der Waals surface area (Å²) in [5, 5.41) is 3.11. The summed E-state index contributed by atoms with van der Waals surface area (Å²) in [7, 11) is 0. The van der Waals surface area contributed by atoms with Crippen LogP contribution in [0.4, 0.5) is 0 Å². The Bertz CT molecular complexity index is 599. The van der Waals surface area contributed by atoms with Crippen molar-refractivity contribution in [1.29, 1.82) is 0 Å². The highest BCUT2D eigenvalue weighted by molar-refractivity contribution is 9.10. The lowest BCUT2D eigenvalue weighted by molar-refractivity contribution is 0.0938. The molecule has 2 nitrogen and oxygen atoms in total. The third kappa shape index (κ3) is 2.56. The predicted molar refractivity (Wildman–Crippen MR) is 79.2 cm³/mol. The fourth-order valence-corrected chi connectivity index (χ4v) is 3.03. The lowest BCUT2D eigenvalue weighted by Gasteiger charge is -2.12. The number of carbonyl (C=O) groups excluding carboxylic acids is 1. The van der Waals surface area contributed by atoms with Crippen LogP contribution in [0.3, 0.4) is 0 Å². The maximum atomic E-state index is 12.2. The van der Waals surface area contributed by atoms with Crippen LogP contribution in [-0.2, 0) is 12.8 Å². The zero-order valence-electron chi connectivity index (χ0n) is 10.4. The molecule has 0 saturated carbocycles. The van der Waals surface area contributed by atoms with E-state index in [-0.39, 0.29) is 11.9 Å². The Labute approximate surface area is 121 Å². The van der Waals surface area contributed by atoms with Gasteiger partial charge in [-0.3, -0.25) is 4.79 Å². The van der Waals surface area contributed by atoms with Gasteiger partial charge in [-0.25, -0.2) is 0 Å². The second-order valence-corrected chi connectivity index (χ2v) is 5.68. The second-order valence-electron chi connectivity index (χ2n) is 4.83. The van der Waals surface area contributed by atoms with Crippen LogP contribution in [0.5, 0.6) is 0 Å². The lowest BCUT2D eigenvalue weighted by atomic mass is 10.1. The summed E-state index contributed by atoms with van der Waals surface area (Å²) >= 11 is 3.41. The Morgan fingerprint density at radius 2 is 1.58 bits per heavy atom. The molecule has 0 atom stereocenters. The number of benzene rings is 2. The van der Waals surface area contributed by atoms with Crippen LogP contribution >= 0.6 is 15.9 Å². The third-order valence-corrected chi connectivity index (χ3v) is 4.20. The number of halogens is 1. The van der Waals surface area contributed by atoms with E-state index in [4.69, 9.17) is 0 Å². The van der Waals surface area contributed by atoms with Gasteiger partial charge < -0.3 is 5.32 Å². The second kappa shape index (κ2) is 5.17. The Morgan fingerprint density at radius 3 is 2.21 bits per heavy atom. The molecule has 0 aliphatic heterocycles. The summed E-state index contributed by atoms with van der Waals surface area (Å²) < 4.78 is 0.836. The molecule has 2 aromatic carbocycles. The van der Waals surface area contributed by atoms with Gasteiger partial charge in [0.2, 0.25) is 0 Å². The summed E-state index contributed by atoms with van der Waals surface area (Å²) in [4.78, 5) is 12.2. The van der Waals surface area contributed by atoms with Gasteiger partial charge in [-0.05, 0) is 52.0 Å². The minimum absolute atomic E-state index is 0.00900. The van der Waals surface area contributed by atoms with Gasteiger partial charge in [0.1, 0.15) is 0 Å². The third-order valence-electron chi connectivity index (χ3n) is 3.50. The number of fused-ring (bicyclic) bond motifs is 1. The smallest absolute Gasteiger partial charge is 0.252 e. The highest BCUT2D eigenvalue weighted by atomic mass is 79.9. The van der Waals surface area contributed by atoms with Gasteiger partial charge in [0.05, 0.1) is 5.56 Å². The fraction of sp³-hybridized carbons (Fsp3) is 0.188. The largest absolute Gasteiger partial charge is 0.349 e. The summed E-state index contributed by atoms with van der Waals surface area (Å²) in [5.74, 6) is -0.00900. The van der Waals surface area contributed by atoms with E-state index < -0.39 is 0 Å². The lowest BCUT2D eigenvalue weighted by Crippen LogP contribution is -2.35. The Hall–Kier alpha value is -1.61. The number of amides is 1. The van der Waals surface area contributed by atoms with Gasteiger partial charge in [0.15, 0.2) is 0 Å². The van der Waals surface area contributed by atoms with Crippen molar-refractivity contribution in [3.05, 3.63) is 69.7 Å². The van der Waals surface area contributed by atoms with E-state index >= 15 is 0 Å². The van der Waals surface area contributed by atoms with E-state index in [0.717, 1.165) is 17.3 Å². The molecule has 1 N–H and O–H groups in total. The normalized spacial score (nSPS) is 14.2. The van der Waals surface area contributed by atoms with Crippen molar-refractivity contribution < 1.29 is 4.79 Å². The standard InChI is InChI=1S/C16H14BrNO/c17-15-8-4-3-7-14(15)16(19)18-13-9-11-5-1-2-6-12(11)10-13/h1-8,13H,9-10H2,(H,18,19). The fourth-order valence-electron chi connectivity index (χ4n) is 2.57. The highest BCUT2D eigenvalue weighted by Gasteiger charge is 2.23. The number of nitrogens with one attached hydrogen (secondary N) is 1. The van der Waals surface area contributed by atoms with E-state index in [1.54, 1.807) is 0 Å². The van der Waals surface area contributed by atoms with E-state index in [1.165, 1.54) is 11.1 Å². The van der Waals surface area contributed by atoms with Gasteiger partial charge >= 0.3 is 0 Å². The number of rotatable bonds is 2. The van der Waals surface area contributed by atoms with Gasteiger partial charge in [-0.15, -0.1) is 0 Å². The monoisotopic (exact) mass is 315 g/mol. The highest BCUT2D eigenvalue weighted by Crippen LogP contribution is 2.22. The van der Waals surface area contributed by atoms with E-state index in [0.29, 0.717) is 5.56 Å². The molecule has 1 aliphatic rings. The number of hydrogen-bond donors (Lipinski definition) is 1. The molecule has 0 radical (unpaired) electrons. The minimum Gasteiger partial charge on any atom is -0.349 e. The first-order valence-corrected chi connectivity index (χ1v) is 7.15. The quantitative estimate of drug-likeness (QED) is 0.904. The molecule has 0 spiro atoms. The molecule has 3 rings (SSSR count). The predicted octanol–water partition coefficient (Wildman–Crippen LogP) is 3.35. The molecule has 0 unspecified atom stereocenters. The molecule has 96 valence electrons. The molecule has 3 heteroatoms. The SMILES string of the molecule is O=C(NC1Cc2ccccc2C1)c1ccccc1Br. The molecule has 1 aliphatic carbocycles. The van der Waals surface area contributed by atoms with Crippen LogP contribution in [-0.4, -0.2) is 11.9 Å². The molecule has 0 fully saturated rings. The molecule has 0 aromatic heterocycles. The molecule has 19 heavy (non-hydrogen) atoms. The first-order valence-electron chi connectivity index (χ1n) is 6.36. The van der Waals surface area contributed by atoms with E-state index in [2.05, 4.69) is 45.5 Å². The minimum atomic E-state index is -0.00900. The van der Waals surface area contributed by atoms with Crippen LogP contribution in [0.1, 0.15) is 21.5 Å². The molecule has 0 bridgehead atoms. The van der Waals surface area contributed by atoms with Gasteiger partial charge in [0, 0.05) is 10.5 Å². The van der Waals surface area contributed by atoms with Crippen molar-refractivity contribution >= 4 is 21.8 Å². The van der Waals surface area contributed by atoms with E-state index in [1.807, 2.05) is 24.3 Å². The number of hydrogen-bond acceptors (Lipinski definition) is 1. The topological polar surface area (TPSA) is 29.1 Å². The molecular formula is C16H14BrNO. The van der Waals surface area contributed by atoms with Crippen LogP contribution in [0.15, 0.2) is 53.0 Å². The zero-order valence-corrected chi connectivity index (χ0v) is 12.0. The Morgan fingerprint density at radius 1 is 1.00 bits per heavy atom. The van der Waals surface area contributed by atoms with Crippen LogP contribution in [0.25, 0.3) is 0 Å². The van der Waals surface area contributed by atoms with Crippen molar-refractivity contribution in [3.8, 4) is 0 Å². The van der Waals surface area contributed by atoms with Crippen LogP contribution in [0, 0.1) is 0 Å². The average Bonchev–Trinajstić information content (AvgIpc) is 2.81. The summed E-state index contributed by atoms with van der Waals surface area (Å²) in [6.07, 6.45) is 1.85. The first kappa shape index (κ1) is 12.4. The van der Waals surface area contributed by atoms with Crippen molar-refractivity contribution in [2.45, 2.75) is 18.9 Å².